The van der Waals surface area contributed by atoms with Crippen LogP contribution in [0.4, 0.5) is 5.82 Å². The summed E-state index contributed by atoms with van der Waals surface area (Å²) in [5.74, 6) is 0.727. The topological polar surface area (TPSA) is 73.9 Å². The Bertz CT molecular complexity index is 675. The molecule has 0 aliphatic carbocycles. The Kier molecular flexibility index (Phi) is 4.60. The van der Waals surface area contributed by atoms with E-state index < -0.39 is 0 Å². The fourth-order valence-electron chi connectivity index (χ4n) is 2.96. The Balaban J connectivity index is 1.70. The van der Waals surface area contributed by atoms with Crippen molar-refractivity contribution in [1.82, 2.24) is 20.1 Å². The molecule has 122 valence electrons. The maximum Gasteiger partial charge on any atom is 0.257 e. The Labute approximate surface area is 136 Å². The smallest absolute Gasteiger partial charge is 0.257 e. The van der Waals surface area contributed by atoms with Crippen LogP contribution >= 0.6 is 0 Å². The van der Waals surface area contributed by atoms with E-state index in [-0.39, 0.29) is 11.9 Å². The molecule has 0 saturated carbocycles. The lowest BCUT2D eigenvalue weighted by molar-refractivity contribution is 0.0793. The highest BCUT2D eigenvalue weighted by molar-refractivity contribution is 5.98. The van der Waals surface area contributed by atoms with Gasteiger partial charge in [-0.2, -0.15) is 5.10 Å². The molecule has 1 aliphatic rings. The summed E-state index contributed by atoms with van der Waals surface area (Å²) in [7, 11) is 0. The zero-order valence-electron chi connectivity index (χ0n) is 13.7. The number of aromatic nitrogens is 3. The molecule has 1 atom stereocenters. The second-order valence-corrected chi connectivity index (χ2v) is 6.19. The summed E-state index contributed by atoms with van der Waals surface area (Å²) < 4.78 is 0. The number of carbonyl (C=O) groups is 1. The molecule has 6 nitrogen and oxygen atoms in total. The Morgan fingerprint density at radius 1 is 1.43 bits per heavy atom. The van der Waals surface area contributed by atoms with Gasteiger partial charge in [0.05, 0.1) is 11.3 Å². The van der Waals surface area contributed by atoms with E-state index in [4.69, 9.17) is 0 Å². The molecule has 2 N–H and O–H groups in total. The van der Waals surface area contributed by atoms with Crippen LogP contribution in [-0.2, 0) is 6.42 Å². The number of amides is 1. The quantitative estimate of drug-likeness (QED) is 0.889. The number of H-pyrrole nitrogens is 1. The van der Waals surface area contributed by atoms with E-state index >= 15 is 0 Å². The second-order valence-electron chi connectivity index (χ2n) is 6.19. The Morgan fingerprint density at radius 2 is 2.22 bits per heavy atom. The van der Waals surface area contributed by atoms with Gasteiger partial charge in [-0.15, -0.1) is 0 Å². The lowest BCUT2D eigenvalue weighted by Crippen LogP contribution is -2.29. The van der Waals surface area contributed by atoms with Crippen LogP contribution in [0.1, 0.15) is 41.5 Å². The first kappa shape index (κ1) is 15.5. The van der Waals surface area contributed by atoms with E-state index in [0.29, 0.717) is 11.4 Å². The maximum absolute atomic E-state index is 12.6. The van der Waals surface area contributed by atoms with Gasteiger partial charge in [0.1, 0.15) is 5.82 Å². The van der Waals surface area contributed by atoms with Crippen LogP contribution < -0.4 is 5.32 Å². The average molecular weight is 313 g/mol. The van der Waals surface area contributed by atoms with Gasteiger partial charge in [0.15, 0.2) is 0 Å². The van der Waals surface area contributed by atoms with Crippen molar-refractivity contribution in [2.24, 2.45) is 0 Å². The molecule has 1 amide bonds. The van der Waals surface area contributed by atoms with Gasteiger partial charge in [-0.05, 0) is 44.9 Å². The number of anilines is 1. The summed E-state index contributed by atoms with van der Waals surface area (Å²) in [5, 5.41) is 10.6. The molecule has 6 heteroatoms. The summed E-state index contributed by atoms with van der Waals surface area (Å²) in [6.07, 6.45) is 4.67. The van der Waals surface area contributed by atoms with Crippen LogP contribution in [-0.4, -0.2) is 45.1 Å². The van der Waals surface area contributed by atoms with Crippen LogP contribution in [0, 0.1) is 6.92 Å². The number of hydrogen-bond acceptors (Lipinski definition) is 4. The molecule has 0 spiro atoms. The number of aryl methyl sites for hydroxylation is 1. The number of nitrogens with zero attached hydrogens (tertiary/aromatic N) is 3. The van der Waals surface area contributed by atoms with Gasteiger partial charge < -0.3 is 10.2 Å². The number of rotatable bonds is 5. The van der Waals surface area contributed by atoms with Crippen molar-refractivity contribution < 1.29 is 4.79 Å². The Hall–Kier alpha value is -2.37. The van der Waals surface area contributed by atoms with Gasteiger partial charge >= 0.3 is 0 Å². The molecule has 3 heterocycles. The van der Waals surface area contributed by atoms with Gasteiger partial charge in [-0.1, -0.05) is 0 Å². The van der Waals surface area contributed by atoms with Crippen LogP contribution in [0.2, 0.25) is 0 Å². The molecule has 1 aliphatic heterocycles. The monoisotopic (exact) mass is 313 g/mol. The van der Waals surface area contributed by atoms with E-state index in [0.717, 1.165) is 43.7 Å². The number of nitrogens with one attached hydrogen (secondary N) is 2. The van der Waals surface area contributed by atoms with Crippen LogP contribution in [0.5, 0.6) is 0 Å². The minimum absolute atomic E-state index is 0.0703. The third-order valence-electron chi connectivity index (χ3n) is 4.09. The average Bonchev–Trinajstić information content (AvgIpc) is 3.19. The molecule has 2 aromatic heterocycles. The summed E-state index contributed by atoms with van der Waals surface area (Å²) in [5.41, 5.74) is 2.71. The predicted octanol–water partition coefficient (Wildman–Crippen LogP) is 2.39. The summed E-state index contributed by atoms with van der Waals surface area (Å²) in [4.78, 5) is 18.9. The molecule has 0 aromatic carbocycles. The van der Waals surface area contributed by atoms with E-state index in [1.807, 2.05) is 30.0 Å². The number of likely N-dealkylation sites (tertiary alicyclic amines) is 1. The number of hydrogen-bond donors (Lipinski definition) is 2. The predicted molar refractivity (Wildman–Crippen MR) is 89.5 cm³/mol. The minimum Gasteiger partial charge on any atom is -0.367 e. The minimum atomic E-state index is 0.0703. The van der Waals surface area contributed by atoms with Crippen molar-refractivity contribution >= 4 is 11.7 Å². The molecule has 0 radical (unpaired) electrons. The highest BCUT2D eigenvalue weighted by Crippen LogP contribution is 2.19. The zero-order chi connectivity index (χ0) is 16.2. The largest absolute Gasteiger partial charge is 0.367 e. The lowest BCUT2D eigenvalue weighted by atomic mass is 10.1. The molecule has 2 aromatic rings. The summed E-state index contributed by atoms with van der Waals surface area (Å²) in [6, 6.07) is 5.84. The highest BCUT2D eigenvalue weighted by atomic mass is 16.2. The number of carbonyl (C=O) groups excluding carboxylic acids is 1. The molecule has 3 rings (SSSR count). The number of pyridine rings is 1. The molecule has 23 heavy (non-hydrogen) atoms. The van der Waals surface area contributed by atoms with Gasteiger partial charge in [0.2, 0.25) is 0 Å². The lowest BCUT2D eigenvalue weighted by Gasteiger charge is -2.19. The molecule has 1 unspecified atom stereocenters. The third-order valence-corrected chi connectivity index (χ3v) is 4.09. The zero-order valence-corrected chi connectivity index (χ0v) is 13.7. The molecular formula is C17H23N5O. The van der Waals surface area contributed by atoms with E-state index in [9.17, 15) is 4.79 Å². The SMILES string of the molecule is Cc1cc(CC(C)Nc2ncccc2C(=O)N2CCCC2)n[nH]1. The summed E-state index contributed by atoms with van der Waals surface area (Å²) in [6.45, 7) is 5.74. The first-order chi connectivity index (χ1) is 11.1. The first-order valence-corrected chi connectivity index (χ1v) is 8.15. The Morgan fingerprint density at radius 3 is 2.91 bits per heavy atom. The van der Waals surface area contributed by atoms with E-state index in [1.54, 1.807) is 6.20 Å². The van der Waals surface area contributed by atoms with Crippen LogP contribution in [0.25, 0.3) is 0 Å². The second kappa shape index (κ2) is 6.81. The van der Waals surface area contributed by atoms with Crippen molar-refractivity contribution in [3.63, 3.8) is 0 Å². The molecule has 1 fully saturated rings. The molecule has 1 saturated heterocycles. The normalized spacial score (nSPS) is 15.7. The van der Waals surface area contributed by atoms with Crippen LogP contribution in [0.15, 0.2) is 24.4 Å². The van der Waals surface area contributed by atoms with Crippen molar-refractivity contribution in [3.8, 4) is 0 Å². The standard InChI is InChI=1S/C17H23N5O/c1-12(10-14-11-13(2)20-21-14)19-16-15(6-5-7-18-16)17(23)22-8-3-4-9-22/h5-7,11-12H,3-4,8-10H2,1-2H3,(H,18,19)(H,20,21). The first-order valence-electron chi connectivity index (χ1n) is 8.15. The third kappa shape index (κ3) is 3.70. The maximum atomic E-state index is 12.6. The van der Waals surface area contributed by atoms with Crippen molar-refractivity contribution in [1.29, 1.82) is 0 Å². The van der Waals surface area contributed by atoms with Crippen molar-refractivity contribution in [3.05, 3.63) is 41.3 Å². The fraction of sp³-hybridized carbons (Fsp3) is 0.471. The van der Waals surface area contributed by atoms with Gasteiger partial charge in [0, 0.05) is 37.4 Å². The summed E-state index contributed by atoms with van der Waals surface area (Å²) >= 11 is 0. The van der Waals surface area contributed by atoms with Crippen LogP contribution in [0.3, 0.4) is 0 Å². The van der Waals surface area contributed by atoms with Gasteiger partial charge in [-0.25, -0.2) is 4.98 Å². The fourth-order valence-corrected chi connectivity index (χ4v) is 2.96. The van der Waals surface area contributed by atoms with Crippen molar-refractivity contribution in [2.45, 2.75) is 39.2 Å². The van der Waals surface area contributed by atoms with Gasteiger partial charge in [-0.3, -0.25) is 9.89 Å². The number of aromatic amines is 1. The highest BCUT2D eigenvalue weighted by Gasteiger charge is 2.22. The van der Waals surface area contributed by atoms with E-state index in [1.165, 1.54) is 0 Å². The van der Waals surface area contributed by atoms with Gasteiger partial charge in [0.25, 0.3) is 5.91 Å². The van der Waals surface area contributed by atoms with Crippen molar-refractivity contribution in [2.75, 3.05) is 18.4 Å². The van der Waals surface area contributed by atoms with E-state index in [2.05, 4.69) is 27.4 Å². The molecular weight excluding hydrogens is 290 g/mol. The molecule has 0 bridgehead atoms.